The highest BCUT2D eigenvalue weighted by Gasteiger charge is 2.12. The maximum absolute atomic E-state index is 12.4. The van der Waals surface area contributed by atoms with Gasteiger partial charge in [-0.05, 0) is 32.0 Å². The molecule has 0 aliphatic heterocycles. The van der Waals surface area contributed by atoms with Crippen LogP contribution in [0.15, 0.2) is 41.2 Å². The van der Waals surface area contributed by atoms with E-state index in [-0.39, 0.29) is 12.0 Å². The monoisotopic (exact) mass is 282 g/mol. The number of ether oxygens (including phenoxy) is 1. The van der Waals surface area contributed by atoms with Crippen LogP contribution in [-0.4, -0.2) is 11.2 Å². The number of aromatic nitrogens is 1. The van der Waals surface area contributed by atoms with Crippen LogP contribution in [0, 0.1) is 11.3 Å². The van der Waals surface area contributed by atoms with Gasteiger partial charge in [-0.1, -0.05) is 18.2 Å². The first-order valence-corrected chi connectivity index (χ1v) is 7.04. The average molecular weight is 282 g/mol. The third kappa shape index (κ3) is 2.97. The predicted molar refractivity (Wildman–Crippen MR) is 82.3 cm³/mol. The van der Waals surface area contributed by atoms with E-state index in [1.54, 1.807) is 10.6 Å². The van der Waals surface area contributed by atoms with Crippen molar-refractivity contribution in [1.82, 2.24) is 4.57 Å². The minimum atomic E-state index is -0.108. The Morgan fingerprint density at radius 2 is 1.95 bits per heavy atom. The minimum Gasteiger partial charge on any atom is -0.493 e. The van der Waals surface area contributed by atoms with Crippen LogP contribution in [0.1, 0.15) is 19.4 Å². The molecular weight excluding hydrogens is 264 g/mol. The zero-order chi connectivity index (χ0) is 15.2. The summed E-state index contributed by atoms with van der Waals surface area (Å²) in [4.78, 5) is 12.4. The molecule has 2 rings (SSSR count). The molecule has 0 bridgehead atoms. The Hall–Kier alpha value is -2.54. The van der Waals surface area contributed by atoms with Crippen LogP contribution in [0.2, 0.25) is 0 Å². The minimum absolute atomic E-state index is 0.108. The molecule has 0 saturated heterocycles. The van der Waals surface area contributed by atoms with Crippen LogP contribution in [0.3, 0.4) is 0 Å². The quantitative estimate of drug-likeness (QED) is 0.847. The smallest absolute Gasteiger partial charge is 0.255 e. The van der Waals surface area contributed by atoms with Crippen molar-refractivity contribution in [2.45, 2.75) is 26.8 Å². The van der Waals surface area contributed by atoms with E-state index in [0.29, 0.717) is 18.7 Å². The predicted octanol–water partition coefficient (Wildman–Crippen LogP) is 3.00. The lowest BCUT2D eigenvalue weighted by molar-refractivity contribution is 0.341. The van der Waals surface area contributed by atoms with Gasteiger partial charge in [0, 0.05) is 17.7 Å². The highest BCUT2D eigenvalue weighted by atomic mass is 16.5. The van der Waals surface area contributed by atoms with Crippen LogP contribution in [0.25, 0.3) is 11.3 Å². The Balaban J connectivity index is 2.63. The van der Waals surface area contributed by atoms with E-state index in [0.717, 1.165) is 17.0 Å². The van der Waals surface area contributed by atoms with Gasteiger partial charge >= 0.3 is 0 Å². The highest BCUT2D eigenvalue weighted by Crippen LogP contribution is 2.29. The molecule has 0 unspecified atom stereocenters. The van der Waals surface area contributed by atoms with Crippen molar-refractivity contribution in [3.8, 4) is 23.1 Å². The summed E-state index contributed by atoms with van der Waals surface area (Å²) in [5.74, 6) is 0.759. The Morgan fingerprint density at radius 3 is 2.62 bits per heavy atom. The first kappa shape index (κ1) is 14.9. The van der Waals surface area contributed by atoms with Gasteiger partial charge in [-0.3, -0.25) is 4.79 Å². The molecule has 0 N–H and O–H groups in total. The number of hydrogen-bond donors (Lipinski definition) is 0. The molecule has 0 spiro atoms. The van der Waals surface area contributed by atoms with Crippen molar-refractivity contribution in [2.75, 3.05) is 6.61 Å². The Bertz CT molecular complexity index is 726. The van der Waals surface area contributed by atoms with Crippen molar-refractivity contribution in [1.29, 1.82) is 5.26 Å². The third-order valence-corrected chi connectivity index (χ3v) is 3.30. The number of rotatable bonds is 5. The summed E-state index contributed by atoms with van der Waals surface area (Å²) in [6.07, 6.45) is 0.131. The summed E-state index contributed by atoms with van der Waals surface area (Å²) in [5.41, 5.74) is 2.12. The Morgan fingerprint density at radius 1 is 1.19 bits per heavy atom. The van der Waals surface area contributed by atoms with Crippen molar-refractivity contribution in [2.24, 2.45) is 0 Å². The molecule has 4 nitrogen and oxygen atoms in total. The molecule has 0 fully saturated rings. The summed E-state index contributed by atoms with van der Waals surface area (Å²) in [6, 6.07) is 13.3. The Labute approximate surface area is 124 Å². The van der Waals surface area contributed by atoms with Gasteiger partial charge in [0.1, 0.15) is 5.75 Å². The number of hydrogen-bond acceptors (Lipinski definition) is 3. The van der Waals surface area contributed by atoms with E-state index in [4.69, 9.17) is 10.00 Å². The lowest BCUT2D eigenvalue weighted by atomic mass is 10.1. The summed E-state index contributed by atoms with van der Waals surface area (Å²) in [5, 5.41) is 8.79. The first-order chi connectivity index (χ1) is 10.2. The fourth-order valence-electron chi connectivity index (χ4n) is 2.35. The molecule has 4 heteroatoms. The maximum Gasteiger partial charge on any atom is 0.255 e. The molecule has 1 aromatic heterocycles. The molecule has 0 aliphatic rings. The van der Waals surface area contributed by atoms with Crippen LogP contribution in [0.5, 0.6) is 5.75 Å². The normalized spacial score (nSPS) is 10.1. The molecule has 2 aromatic rings. The molecule has 108 valence electrons. The second kappa shape index (κ2) is 6.76. The average Bonchev–Trinajstić information content (AvgIpc) is 2.50. The Kier molecular flexibility index (Phi) is 4.78. The van der Waals surface area contributed by atoms with Gasteiger partial charge in [0.2, 0.25) is 0 Å². The van der Waals surface area contributed by atoms with E-state index in [2.05, 4.69) is 0 Å². The number of nitriles is 1. The van der Waals surface area contributed by atoms with E-state index in [1.165, 1.54) is 0 Å². The van der Waals surface area contributed by atoms with Gasteiger partial charge in [-0.2, -0.15) is 5.26 Å². The molecule has 0 radical (unpaired) electrons. The van der Waals surface area contributed by atoms with Gasteiger partial charge in [-0.15, -0.1) is 0 Å². The van der Waals surface area contributed by atoms with Crippen LogP contribution < -0.4 is 10.3 Å². The van der Waals surface area contributed by atoms with Crippen molar-refractivity contribution < 1.29 is 4.74 Å². The van der Waals surface area contributed by atoms with E-state index in [9.17, 15) is 4.79 Å². The standard InChI is InChI=1S/C17H18N2O2/c1-3-19-15(10-9-13(11-12-18)17(19)20)14-7-5-6-8-16(14)21-4-2/h5-10H,3-4,11H2,1-2H3. The molecule has 1 heterocycles. The molecular formula is C17H18N2O2. The summed E-state index contributed by atoms with van der Waals surface area (Å²) in [7, 11) is 0. The van der Waals surface area contributed by atoms with Gasteiger partial charge in [0.05, 0.1) is 24.8 Å². The number of nitrogens with zero attached hydrogens (tertiary/aromatic N) is 2. The zero-order valence-electron chi connectivity index (χ0n) is 12.3. The topological polar surface area (TPSA) is 55.0 Å². The molecule has 0 atom stereocenters. The molecule has 0 saturated carbocycles. The molecule has 0 amide bonds. The lowest BCUT2D eigenvalue weighted by Gasteiger charge is -2.15. The SMILES string of the molecule is CCOc1ccccc1-c1ccc(CC#N)c(=O)n1CC. The fourth-order valence-corrected chi connectivity index (χ4v) is 2.35. The van der Waals surface area contributed by atoms with Crippen molar-refractivity contribution in [3.05, 3.63) is 52.3 Å². The van der Waals surface area contributed by atoms with Gasteiger partial charge in [-0.25, -0.2) is 0 Å². The van der Waals surface area contributed by atoms with E-state index < -0.39 is 0 Å². The van der Waals surface area contributed by atoms with Crippen LogP contribution in [0.4, 0.5) is 0 Å². The summed E-state index contributed by atoms with van der Waals surface area (Å²) in [6.45, 7) is 4.97. The van der Waals surface area contributed by atoms with Gasteiger partial charge < -0.3 is 9.30 Å². The lowest BCUT2D eigenvalue weighted by Crippen LogP contribution is -2.24. The van der Waals surface area contributed by atoms with Gasteiger partial charge in [0.15, 0.2) is 0 Å². The largest absolute Gasteiger partial charge is 0.493 e. The number of benzene rings is 1. The van der Waals surface area contributed by atoms with Crippen LogP contribution >= 0.6 is 0 Å². The zero-order valence-corrected chi connectivity index (χ0v) is 12.3. The van der Waals surface area contributed by atoms with Crippen molar-refractivity contribution >= 4 is 0 Å². The third-order valence-electron chi connectivity index (χ3n) is 3.30. The second-order valence-electron chi connectivity index (χ2n) is 4.56. The number of pyridine rings is 1. The maximum atomic E-state index is 12.4. The fraction of sp³-hybridized carbons (Fsp3) is 0.294. The first-order valence-electron chi connectivity index (χ1n) is 7.04. The second-order valence-corrected chi connectivity index (χ2v) is 4.56. The molecule has 0 aliphatic carbocycles. The van der Waals surface area contributed by atoms with E-state index >= 15 is 0 Å². The van der Waals surface area contributed by atoms with Gasteiger partial charge in [0.25, 0.3) is 5.56 Å². The van der Waals surface area contributed by atoms with Crippen molar-refractivity contribution in [3.63, 3.8) is 0 Å². The highest BCUT2D eigenvalue weighted by molar-refractivity contribution is 5.67. The van der Waals surface area contributed by atoms with Crippen LogP contribution in [-0.2, 0) is 13.0 Å². The van der Waals surface area contributed by atoms with E-state index in [1.807, 2.05) is 50.2 Å². The molecule has 21 heavy (non-hydrogen) atoms. The summed E-state index contributed by atoms with van der Waals surface area (Å²) < 4.78 is 7.33. The summed E-state index contributed by atoms with van der Waals surface area (Å²) >= 11 is 0. The number of para-hydroxylation sites is 1. The molecule has 1 aromatic carbocycles.